The molecule has 0 fully saturated rings. The number of halogens is 2. The largest absolute Gasteiger partial charge is 0.342 e. The lowest BCUT2D eigenvalue weighted by molar-refractivity contribution is -0.118. The number of hydrogen-bond donors (Lipinski definition) is 3. The second-order valence-electron chi connectivity index (χ2n) is 5.54. The maximum atomic E-state index is 13.3. The van der Waals surface area contributed by atoms with Gasteiger partial charge in [0.2, 0.25) is 5.91 Å². The molecular formula is C16H11ClFN3O2S. The minimum absolute atomic E-state index is 0.242. The van der Waals surface area contributed by atoms with Crippen molar-refractivity contribution in [2.75, 3.05) is 5.32 Å². The van der Waals surface area contributed by atoms with Gasteiger partial charge in [-0.25, -0.2) is 4.39 Å². The summed E-state index contributed by atoms with van der Waals surface area (Å²) in [6.07, 6.45) is 0.242. The van der Waals surface area contributed by atoms with E-state index < -0.39 is 11.9 Å². The summed E-state index contributed by atoms with van der Waals surface area (Å²) in [4.78, 5) is 28.3. The van der Waals surface area contributed by atoms with Crippen LogP contribution in [0.4, 0.5) is 10.1 Å². The van der Waals surface area contributed by atoms with Gasteiger partial charge in [-0.2, -0.15) is 0 Å². The number of fused-ring (bicyclic) bond motifs is 2. The number of carbonyl (C=O) groups is 2. The van der Waals surface area contributed by atoms with Crippen LogP contribution in [0.15, 0.2) is 30.3 Å². The molecular weight excluding hydrogens is 353 g/mol. The Morgan fingerprint density at radius 1 is 1.33 bits per heavy atom. The topological polar surface area (TPSA) is 74.0 Å². The van der Waals surface area contributed by atoms with Crippen molar-refractivity contribution in [2.45, 2.75) is 12.5 Å². The molecule has 1 aliphatic heterocycles. The fourth-order valence-corrected chi connectivity index (χ4v) is 3.88. The second-order valence-corrected chi connectivity index (χ2v) is 7.22. The van der Waals surface area contributed by atoms with Crippen molar-refractivity contribution in [3.05, 3.63) is 51.7 Å². The van der Waals surface area contributed by atoms with Gasteiger partial charge in [0.25, 0.3) is 5.91 Å². The Labute approximate surface area is 144 Å². The zero-order valence-electron chi connectivity index (χ0n) is 12.2. The molecule has 8 heteroatoms. The molecule has 24 heavy (non-hydrogen) atoms. The molecule has 3 heterocycles. The summed E-state index contributed by atoms with van der Waals surface area (Å²) in [6, 6.07) is 6.86. The van der Waals surface area contributed by atoms with E-state index in [4.69, 9.17) is 11.6 Å². The van der Waals surface area contributed by atoms with Gasteiger partial charge in [-0.15, -0.1) is 11.3 Å². The van der Waals surface area contributed by atoms with Crippen LogP contribution in [0.3, 0.4) is 0 Å². The highest BCUT2D eigenvalue weighted by Crippen LogP contribution is 2.29. The van der Waals surface area contributed by atoms with Crippen molar-refractivity contribution in [3.63, 3.8) is 0 Å². The van der Waals surface area contributed by atoms with E-state index in [-0.39, 0.29) is 18.1 Å². The number of anilines is 1. The van der Waals surface area contributed by atoms with Gasteiger partial charge in [0.1, 0.15) is 22.4 Å². The Hall–Kier alpha value is -2.38. The summed E-state index contributed by atoms with van der Waals surface area (Å²) in [5, 5.41) is 6.20. The Balaban J connectivity index is 1.54. The van der Waals surface area contributed by atoms with Gasteiger partial charge in [0.05, 0.1) is 4.34 Å². The smallest absolute Gasteiger partial charge is 0.268 e. The third-order valence-corrected chi connectivity index (χ3v) is 5.09. The number of amides is 2. The molecule has 2 aromatic heterocycles. The summed E-state index contributed by atoms with van der Waals surface area (Å²) >= 11 is 7.24. The summed E-state index contributed by atoms with van der Waals surface area (Å²) in [6.45, 7) is 0. The number of benzene rings is 1. The average Bonchev–Trinajstić information content (AvgIpc) is 3.05. The molecule has 1 atom stereocenters. The molecule has 5 nitrogen and oxygen atoms in total. The number of thiophene rings is 1. The van der Waals surface area contributed by atoms with Crippen LogP contribution in [-0.2, 0) is 11.2 Å². The lowest BCUT2D eigenvalue weighted by Crippen LogP contribution is -2.47. The minimum atomic E-state index is -0.753. The Morgan fingerprint density at radius 2 is 2.17 bits per heavy atom. The maximum absolute atomic E-state index is 13.3. The van der Waals surface area contributed by atoms with Crippen molar-refractivity contribution >= 4 is 50.7 Å². The molecule has 122 valence electrons. The molecule has 1 aliphatic rings. The highest BCUT2D eigenvalue weighted by Gasteiger charge is 2.28. The molecule has 0 radical (unpaired) electrons. The van der Waals surface area contributed by atoms with E-state index in [1.54, 1.807) is 12.1 Å². The van der Waals surface area contributed by atoms with Gasteiger partial charge in [-0.1, -0.05) is 11.6 Å². The molecule has 1 aromatic carbocycles. The van der Waals surface area contributed by atoms with Crippen LogP contribution >= 0.6 is 22.9 Å². The quantitative estimate of drug-likeness (QED) is 0.653. The van der Waals surface area contributed by atoms with Gasteiger partial charge in [-0.05, 0) is 35.9 Å². The van der Waals surface area contributed by atoms with Gasteiger partial charge in [-0.3, -0.25) is 9.59 Å². The lowest BCUT2D eigenvalue weighted by atomic mass is 9.98. The van der Waals surface area contributed by atoms with Crippen molar-refractivity contribution in [3.8, 4) is 0 Å². The predicted molar refractivity (Wildman–Crippen MR) is 91.2 cm³/mol. The standard InChI is InChI=1S/C16H11ClFN3O2S/c17-13-6-8-5-12(21-16(8)24-13)15(23)20-11-4-7-3-9(18)1-2-10(7)19-14(11)22/h1-3,5-6,11,21H,4H2,(H,19,22)(H,20,23). The maximum Gasteiger partial charge on any atom is 0.268 e. The SMILES string of the molecule is O=C(NC1Cc2cc(F)ccc2NC1=O)c1cc2cc(Cl)sc2[nH]1. The molecule has 0 saturated heterocycles. The third-order valence-electron chi connectivity index (χ3n) is 3.89. The van der Waals surface area contributed by atoms with E-state index in [9.17, 15) is 14.0 Å². The minimum Gasteiger partial charge on any atom is -0.342 e. The Bertz CT molecular complexity index is 950. The third kappa shape index (κ3) is 2.65. The molecule has 2 amide bonds. The Kier molecular flexibility index (Phi) is 3.54. The fraction of sp³-hybridized carbons (Fsp3) is 0.125. The van der Waals surface area contributed by atoms with Crippen LogP contribution in [0, 0.1) is 5.82 Å². The number of rotatable bonds is 2. The first-order valence-corrected chi connectivity index (χ1v) is 8.37. The molecule has 4 rings (SSSR count). The van der Waals surface area contributed by atoms with Crippen LogP contribution in [0.1, 0.15) is 16.1 Å². The van der Waals surface area contributed by atoms with E-state index in [1.165, 1.54) is 29.5 Å². The van der Waals surface area contributed by atoms with Gasteiger partial charge >= 0.3 is 0 Å². The van der Waals surface area contributed by atoms with E-state index in [1.807, 2.05) is 0 Å². The molecule has 0 saturated carbocycles. The summed E-state index contributed by atoms with van der Waals surface area (Å²) in [5.74, 6) is -1.09. The number of aromatic amines is 1. The van der Waals surface area contributed by atoms with Crippen LogP contribution in [-0.4, -0.2) is 22.8 Å². The molecule has 3 N–H and O–H groups in total. The zero-order valence-corrected chi connectivity index (χ0v) is 13.7. The summed E-state index contributed by atoms with van der Waals surface area (Å²) in [7, 11) is 0. The van der Waals surface area contributed by atoms with Crippen LogP contribution < -0.4 is 10.6 Å². The predicted octanol–water partition coefficient (Wildman–Crippen LogP) is 3.32. The normalized spacial score (nSPS) is 16.8. The van der Waals surface area contributed by atoms with E-state index in [0.29, 0.717) is 21.3 Å². The zero-order chi connectivity index (χ0) is 16.8. The lowest BCUT2D eigenvalue weighted by Gasteiger charge is -2.25. The van der Waals surface area contributed by atoms with Gasteiger partial charge in [0.15, 0.2) is 0 Å². The first-order valence-electron chi connectivity index (χ1n) is 7.18. The van der Waals surface area contributed by atoms with Crippen molar-refractivity contribution in [1.29, 1.82) is 0 Å². The highest BCUT2D eigenvalue weighted by molar-refractivity contribution is 7.22. The Morgan fingerprint density at radius 3 is 2.96 bits per heavy atom. The molecule has 0 aliphatic carbocycles. The number of nitrogens with one attached hydrogen (secondary N) is 3. The molecule has 0 bridgehead atoms. The van der Waals surface area contributed by atoms with E-state index in [2.05, 4.69) is 15.6 Å². The van der Waals surface area contributed by atoms with E-state index in [0.717, 1.165) is 10.2 Å². The van der Waals surface area contributed by atoms with Crippen molar-refractivity contribution in [1.82, 2.24) is 10.3 Å². The fourth-order valence-electron chi connectivity index (χ4n) is 2.75. The average molecular weight is 364 g/mol. The summed E-state index contributed by atoms with van der Waals surface area (Å²) < 4.78 is 14.0. The molecule has 0 spiro atoms. The van der Waals surface area contributed by atoms with Crippen LogP contribution in [0.5, 0.6) is 0 Å². The second kappa shape index (κ2) is 5.61. The number of hydrogen-bond acceptors (Lipinski definition) is 3. The van der Waals surface area contributed by atoms with Crippen LogP contribution in [0.2, 0.25) is 4.34 Å². The van der Waals surface area contributed by atoms with Crippen molar-refractivity contribution < 1.29 is 14.0 Å². The number of H-pyrrole nitrogens is 1. The highest BCUT2D eigenvalue weighted by atomic mass is 35.5. The van der Waals surface area contributed by atoms with Crippen LogP contribution in [0.25, 0.3) is 10.2 Å². The van der Waals surface area contributed by atoms with Crippen molar-refractivity contribution in [2.24, 2.45) is 0 Å². The number of aromatic nitrogens is 1. The van der Waals surface area contributed by atoms with E-state index >= 15 is 0 Å². The molecule has 1 unspecified atom stereocenters. The first kappa shape index (κ1) is 15.2. The van der Waals surface area contributed by atoms with Gasteiger partial charge < -0.3 is 15.6 Å². The first-order chi connectivity index (χ1) is 11.5. The van der Waals surface area contributed by atoms with Gasteiger partial charge in [0, 0.05) is 17.5 Å². The monoisotopic (exact) mass is 363 g/mol. The molecule has 3 aromatic rings. The summed E-state index contributed by atoms with van der Waals surface area (Å²) in [5.41, 5.74) is 1.58. The number of carbonyl (C=O) groups excluding carboxylic acids is 2.